The average Bonchev–Trinajstić information content (AvgIpc) is 3.17. The Balaban J connectivity index is 1.47. The number of ether oxygens (including phenoxy) is 2. The maximum atomic E-state index is 5.98. The number of hydrogen-bond donors (Lipinski definition) is 1. The van der Waals surface area contributed by atoms with Crippen molar-refractivity contribution in [3.8, 4) is 5.75 Å². The summed E-state index contributed by atoms with van der Waals surface area (Å²) in [5.41, 5.74) is 2.38. The number of nitrogens with one attached hydrogen (secondary N) is 1. The van der Waals surface area contributed by atoms with E-state index < -0.39 is 0 Å². The molecule has 0 amide bonds. The molecule has 2 unspecified atom stereocenters. The first kappa shape index (κ1) is 18.8. The zero-order chi connectivity index (χ0) is 19.3. The Morgan fingerprint density at radius 1 is 1.32 bits per heavy atom. The number of rotatable bonds is 4. The lowest BCUT2D eigenvalue weighted by Crippen LogP contribution is -2.48. The zero-order valence-electron chi connectivity index (χ0n) is 16.7. The van der Waals surface area contributed by atoms with Gasteiger partial charge in [0.1, 0.15) is 11.9 Å². The molecule has 0 bridgehead atoms. The Labute approximate surface area is 166 Å². The summed E-state index contributed by atoms with van der Waals surface area (Å²) in [4.78, 5) is 7.29. The molecule has 3 heterocycles. The van der Waals surface area contributed by atoms with Gasteiger partial charge in [-0.2, -0.15) is 5.10 Å². The molecule has 2 atom stereocenters. The topological polar surface area (TPSA) is 63.9 Å². The lowest BCUT2D eigenvalue weighted by atomic mass is 9.93. The van der Waals surface area contributed by atoms with Crippen molar-refractivity contribution >= 4 is 5.96 Å². The molecule has 150 valence electrons. The van der Waals surface area contributed by atoms with E-state index in [0.29, 0.717) is 12.5 Å². The monoisotopic (exact) mass is 383 g/mol. The second-order valence-corrected chi connectivity index (χ2v) is 7.32. The van der Waals surface area contributed by atoms with Crippen LogP contribution < -0.4 is 10.1 Å². The quantitative estimate of drug-likeness (QED) is 0.649. The number of benzene rings is 1. The maximum absolute atomic E-state index is 5.98. The number of aliphatic imine (C=N–C) groups is 1. The van der Waals surface area contributed by atoms with E-state index in [1.165, 1.54) is 5.56 Å². The summed E-state index contributed by atoms with van der Waals surface area (Å²) < 4.78 is 13.6. The van der Waals surface area contributed by atoms with E-state index in [-0.39, 0.29) is 6.10 Å². The minimum Gasteiger partial charge on any atom is -0.493 e. The second kappa shape index (κ2) is 8.65. The van der Waals surface area contributed by atoms with Gasteiger partial charge in [0.2, 0.25) is 0 Å². The molecule has 2 aliphatic heterocycles. The predicted octanol–water partition coefficient (Wildman–Crippen LogP) is 2.33. The van der Waals surface area contributed by atoms with Gasteiger partial charge in [0.05, 0.1) is 26.0 Å². The highest BCUT2D eigenvalue weighted by molar-refractivity contribution is 5.80. The molecular formula is C21H29N5O2. The molecule has 1 fully saturated rings. The van der Waals surface area contributed by atoms with Gasteiger partial charge < -0.3 is 19.7 Å². The molecule has 1 saturated heterocycles. The van der Waals surface area contributed by atoms with Crippen LogP contribution in [0.2, 0.25) is 0 Å². The summed E-state index contributed by atoms with van der Waals surface area (Å²) in [6, 6.07) is 8.32. The fourth-order valence-electron chi connectivity index (χ4n) is 3.88. The molecule has 1 N–H and O–H groups in total. The van der Waals surface area contributed by atoms with Crippen molar-refractivity contribution in [2.75, 3.05) is 39.4 Å². The molecular weight excluding hydrogens is 354 g/mol. The maximum Gasteiger partial charge on any atom is 0.194 e. The van der Waals surface area contributed by atoms with Gasteiger partial charge >= 0.3 is 0 Å². The van der Waals surface area contributed by atoms with Gasteiger partial charge in [0.15, 0.2) is 5.96 Å². The van der Waals surface area contributed by atoms with Crippen LogP contribution in [0.25, 0.3) is 0 Å². The summed E-state index contributed by atoms with van der Waals surface area (Å²) in [5, 5.41) is 7.74. The van der Waals surface area contributed by atoms with Gasteiger partial charge in [-0.15, -0.1) is 0 Å². The van der Waals surface area contributed by atoms with Crippen LogP contribution in [0.4, 0.5) is 0 Å². The standard InChI is InChI=1S/C21H29N5O2/c1-3-22-21(23-12-16-8-10-27-19-7-5-4-6-18(16)19)26-9-11-28-20(15-26)17-13-24-25(2)14-17/h4-7,13-14,16,20H,3,8-12,15H2,1-2H3,(H,22,23). The molecule has 28 heavy (non-hydrogen) atoms. The van der Waals surface area contributed by atoms with Crippen LogP contribution in [0.15, 0.2) is 41.7 Å². The number of morpholine rings is 1. The van der Waals surface area contributed by atoms with E-state index >= 15 is 0 Å². The van der Waals surface area contributed by atoms with Crippen LogP contribution in [0, 0.1) is 0 Å². The van der Waals surface area contributed by atoms with Crippen LogP contribution in [0.1, 0.15) is 36.5 Å². The predicted molar refractivity (Wildman–Crippen MR) is 109 cm³/mol. The first-order valence-corrected chi connectivity index (χ1v) is 10.1. The third kappa shape index (κ3) is 4.14. The fourth-order valence-corrected chi connectivity index (χ4v) is 3.88. The summed E-state index contributed by atoms with van der Waals surface area (Å²) >= 11 is 0. The van der Waals surface area contributed by atoms with Gasteiger partial charge in [0.25, 0.3) is 0 Å². The first-order valence-electron chi connectivity index (χ1n) is 10.1. The summed E-state index contributed by atoms with van der Waals surface area (Å²) in [5.74, 6) is 2.36. The molecule has 1 aromatic heterocycles. The highest BCUT2D eigenvalue weighted by Gasteiger charge is 2.26. The van der Waals surface area contributed by atoms with E-state index in [2.05, 4.69) is 40.4 Å². The second-order valence-electron chi connectivity index (χ2n) is 7.32. The first-order chi connectivity index (χ1) is 13.7. The lowest BCUT2D eigenvalue weighted by Gasteiger charge is -2.35. The SMILES string of the molecule is CCNC(=NCC1CCOc2ccccc21)N1CCOC(c2cnn(C)c2)C1. The number of hydrogen-bond acceptors (Lipinski definition) is 4. The number of aromatic nitrogens is 2. The van der Waals surface area contributed by atoms with Gasteiger partial charge in [-0.3, -0.25) is 9.67 Å². The average molecular weight is 383 g/mol. The number of aryl methyl sites for hydroxylation is 1. The molecule has 1 aromatic carbocycles. The minimum atomic E-state index is 0.0233. The summed E-state index contributed by atoms with van der Waals surface area (Å²) in [6.45, 7) is 6.78. The Kier molecular flexibility index (Phi) is 5.81. The summed E-state index contributed by atoms with van der Waals surface area (Å²) in [7, 11) is 1.93. The van der Waals surface area contributed by atoms with Crippen molar-refractivity contribution in [2.45, 2.75) is 25.4 Å². The van der Waals surface area contributed by atoms with E-state index in [9.17, 15) is 0 Å². The zero-order valence-corrected chi connectivity index (χ0v) is 16.7. The normalized spacial score (nSPS) is 22.5. The molecule has 0 spiro atoms. The van der Waals surface area contributed by atoms with E-state index in [1.54, 1.807) is 0 Å². The molecule has 7 nitrogen and oxygen atoms in total. The number of guanidine groups is 1. The van der Waals surface area contributed by atoms with Gasteiger partial charge in [-0.05, 0) is 25.0 Å². The molecule has 0 saturated carbocycles. The van der Waals surface area contributed by atoms with Crippen molar-refractivity contribution in [3.05, 3.63) is 47.8 Å². The van der Waals surface area contributed by atoms with Crippen LogP contribution in [0.3, 0.4) is 0 Å². The van der Waals surface area contributed by atoms with Gasteiger partial charge in [0, 0.05) is 44.4 Å². The van der Waals surface area contributed by atoms with E-state index in [1.807, 2.05) is 30.2 Å². The molecule has 7 heteroatoms. The van der Waals surface area contributed by atoms with Crippen molar-refractivity contribution in [3.63, 3.8) is 0 Å². The Morgan fingerprint density at radius 3 is 3.04 bits per heavy atom. The molecule has 0 aliphatic carbocycles. The fraction of sp³-hybridized carbons (Fsp3) is 0.524. The number of para-hydroxylation sites is 1. The molecule has 4 rings (SSSR count). The van der Waals surface area contributed by atoms with Crippen molar-refractivity contribution < 1.29 is 9.47 Å². The van der Waals surface area contributed by atoms with Crippen molar-refractivity contribution in [1.29, 1.82) is 0 Å². The Bertz CT molecular complexity index is 819. The molecule has 0 radical (unpaired) electrons. The third-order valence-electron chi connectivity index (χ3n) is 5.34. The third-order valence-corrected chi connectivity index (χ3v) is 5.34. The largest absolute Gasteiger partial charge is 0.493 e. The molecule has 2 aliphatic rings. The van der Waals surface area contributed by atoms with Gasteiger partial charge in [-0.25, -0.2) is 0 Å². The van der Waals surface area contributed by atoms with Gasteiger partial charge in [-0.1, -0.05) is 18.2 Å². The lowest BCUT2D eigenvalue weighted by molar-refractivity contribution is -0.00805. The van der Waals surface area contributed by atoms with Crippen molar-refractivity contribution in [1.82, 2.24) is 20.0 Å². The highest BCUT2D eigenvalue weighted by atomic mass is 16.5. The minimum absolute atomic E-state index is 0.0233. The number of nitrogens with zero attached hydrogens (tertiary/aromatic N) is 4. The molecule has 2 aromatic rings. The Hall–Kier alpha value is -2.54. The van der Waals surface area contributed by atoms with Crippen LogP contribution in [0.5, 0.6) is 5.75 Å². The Morgan fingerprint density at radius 2 is 2.21 bits per heavy atom. The van der Waals surface area contributed by atoms with Crippen molar-refractivity contribution in [2.24, 2.45) is 12.0 Å². The van der Waals surface area contributed by atoms with E-state index in [0.717, 1.165) is 56.5 Å². The van der Waals surface area contributed by atoms with Crippen LogP contribution in [-0.4, -0.2) is 60.0 Å². The van der Waals surface area contributed by atoms with E-state index in [4.69, 9.17) is 14.5 Å². The number of fused-ring (bicyclic) bond motifs is 1. The van der Waals surface area contributed by atoms with Crippen LogP contribution in [-0.2, 0) is 11.8 Å². The summed E-state index contributed by atoms with van der Waals surface area (Å²) in [6.07, 6.45) is 4.94. The highest BCUT2D eigenvalue weighted by Crippen LogP contribution is 2.33. The smallest absolute Gasteiger partial charge is 0.194 e. The van der Waals surface area contributed by atoms with Crippen LogP contribution >= 0.6 is 0 Å².